The average Bonchev–Trinajstić information content (AvgIpc) is 3.05. The number of rotatable bonds is 5. The van der Waals surface area contributed by atoms with E-state index in [2.05, 4.69) is 41.5 Å². The van der Waals surface area contributed by atoms with Gasteiger partial charge in [-0.1, -0.05) is 60.8 Å². The zero-order valence-electron chi connectivity index (χ0n) is 20.7. The lowest BCUT2D eigenvalue weighted by Gasteiger charge is -2.64. The fourth-order valence-corrected chi connectivity index (χ4v) is 9.73. The van der Waals surface area contributed by atoms with Gasteiger partial charge in [0.15, 0.2) is 0 Å². The SMILES string of the molecule is CC[C@H]1[C@@H](O)[C@@H]2[C@H](CC[C@]3(C)C([C@H](C)CCC(C)C)CC[C@@H]23)[C@@]2(C)CC[C@@H](O)C[C@@H]12. The summed E-state index contributed by atoms with van der Waals surface area (Å²) in [5.41, 5.74) is 0.751. The van der Waals surface area contributed by atoms with Crippen LogP contribution in [-0.4, -0.2) is 22.4 Å². The summed E-state index contributed by atoms with van der Waals surface area (Å²) in [4.78, 5) is 0. The van der Waals surface area contributed by atoms with Gasteiger partial charge in [-0.2, -0.15) is 0 Å². The molecule has 4 saturated carbocycles. The first kappa shape index (κ1) is 23.1. The van der Waals surface area contributed by atoms with Crippen LogP contribution in [0, 0.1) is 58.2 Å². The van der Waals surface area contributed by atoms with Gasteiger partial charge in [0, 0.05) is 0 Å². The smallest absolute Gasteiger partial charge is 0.0605 e. The molecule has 0 aliphatic heterocycles. The summed E-state index contributed by atoms with van der Waals surface area (Å²) in [5.74, 6) is 5.21. The van der Waals surface area contributed by atoms with Crippen LogP contribution in [0.3, 0.4) is 0 Å². The standard InChI is InChI=1S/C28H50O2/c1-7-20-24-16-19(29)12-14-28(24,6)23-13-15-27(5)21(18(4)9-8-17(2)3)10-11-22(27)25(23)26(20)30/h17-26,29-30H,7-16H2,1-6H3/t18-,19-,20-,21?,22+,23+,24+,25+,26-,27-,28-/m1/s1. The molecule has 1 unspecified atom stereocenters. The van der Waals surface area contributed by atoms with Crippen molar-refractivity contribution in [3.05, 3.63) is 0 Å². The Hall–Kier alpha value is -0.0800. The van der Waals surface area contributed by atoms with Crippen molar-refractivity contribution in [2.45, 2.75) is 118 Å². The van der Waals surface area contributed by atoms with Gasteiger partial charge < -0.3 is 10.2 Å². The third-order valence-corrected chi connectivity index (χ3v) is 11.3. The first-order valence-electron chi connectivity index (χ1n) is 13.5. The van der Waals surface area contributed by atoms with Gasteiger partial charge in [-0.05, 0) is 103 Å². The van der Waals surface area contributed by atoms with Crippen molar-refractivity contribution in [3.8, 4) is 0 Å². The largest absolute Gasteiger partial charge is 0.393 e. The lowest BCUT2D eigenvalue weighted by Crippen LogP contribution is -2.62. The number of fused-ring (bicyclic) bond motifs is 5. The van der Waals surface area contributed by atoms with Gasteiger partial charge in [-0.15, -0.1) is 0 Å². The summed E-state index contributed by atoms with van der Waals surface area (Å²) in [7, 11) is 0. The Labute approximate surface area is 186 Å². The molecule has 174 valence electrons. The lowest BCUT2D eigenvalue weighted by molar-refractivity contribution is -0.203. The van der Waals surface area contributed by atoms with E-state index in [0.717, 1.165) is 37.0 Å². The van der Waals surface area contributed by atoms with Crippen LogP contribution in [0.25, 0.3) is 0 Å². The molecule has 0 radical (unpaired) electrons. The summed E-state index contributed by atoms with van der Waals surface area (Å²) in [6.45, 7) is 14.7. The highest BCUT2D eigenvalue weighted by atomic mass is 16.3. The van der Waals surface area contributed by atoms with Crippen molar-refractivity contribution in [3.63, 3.8) is 0 Å². The summed E-state index contributed by atoms with van der Waals surface area (Å²) in [6, 6.07) is 0. The Bertz CT molecular complexity index is 601. The van der Waals surface area contributed by atoms with Gasteiger partial charge >= 0.3 is 0 Å². The summed E-state index contributed by atoms with van der Waals surface area (Å²) in [5, 5.41) is 22.2. The highest BCUT2D eigenvalue weighted by molar-refractivity contribution is 5.13. The van der Waals surface area contributed by atoms with Gasteiger partial charge in [0.05, 0.1) is 12.2 Å². The second-order valence-electron chi connectivity index (χ2n) is 13.1. The third-order valence-electron chi connectivity index (χ3n) is 11.3. The molecule has 0 heterocycles. The van der Waals surface area contributed by atoms with E-state index >= 15 is 0 Å². The molecule has 2 heteroatoms. The number of hydrogen-bond acceptors (Lipinski definition) is 2. The Morgan fingerprint density at radius 2 is 1.50 bits per heavy atom. The number of aliphatic hydroxyl groups is 2. The van der Waals surface area contributed by atoms with Crippen LogP contribution in [0.4, 0.5) is 0 Å². The molecule has 0 amide bonds. The van der Waals surface area contributed by atoms with Crippen LogP contribution in [0.15, 0.2) is 0 Å². The topological polar surface area (TPSA) is 40.5 Å². The minimum atomic E-state index is -0.155. The van der Waals surface area contributed by atoms with Gasteiger partial charge in [-0.25, -0.2) is 0 Å². The average molecular weight is 419 g/mol. The molecule has 30 heavy (non-hydrogen) atoms. The van der Waals surface area contributed by atoms with Crippen molar-refractivity contribution in [2.24, 2.45) is 58.2 Å². The molecular weight excluding hydrogens is 368 g/mol. The molecule has 0 aromatic heterocycles. The summed E-state index contributed by atoms with van der Waals surface area (Å²) >= 11 is 0. The minimum absolute atomic E-state index is 0.146. The maximum Gasteiger partial charge on any atom is 0.0605 e. The van der Waals surface area contributed by atoms with E-state index in [4.69, 9.17) is 0 Å². The van der Waals surface area contributed by atoms with E-state index in [1.54, 1.807) is 0 Å². The quantitative estimate of drug-likeness (QED) is 0.522. The molecule has 4 aliphatic rings. The van der Waals surface area contributed by atoms with E-state index in [0.29, 0.717) is 40.4 Å². The molecule has 4 aliphatic carbocycles. The normalized spacial score (nSPS) is 51.9. The number of aliphatic hydroxyl groups excluding tert-OH is 2. The number of hydrogen-bond donors (Lipinski definition) is 2. The van der Waals surface area contributed by atoms with E-state index in [9.17, 15) is 10.2 Å². The van der Waals surface area contributed by atoms with Gasteiger partial charge in [0.1, 0.15) is 0 Å². The zero-order valence-corrected chi connectivity index (χ0v) is 20.7. The molecule has 0 aromatic carbocycles. The van der Waals surface area contributed by atoms with Crippen LogP contribution < -0.4 is 0 Å². The maximum absolute atomic E-state index is 11.8. The fraction of sp³-hybridized carbons (Fsp3) is 1.00. The second-order valence-corrected chi connectivity index (χ2v) is 13.1. The highest BCUT2D eigenvalue weighted by Gasteiger charge is 2.64. The molecule has 11 atom stereocenters. The maximum atomic E-state index is 11.8. The lowest BCUT2D eigenvalue weighted by atomic mass is 9.41. The molecule has 0 bridgehead atoms. The van der Waals surface area contributed by atoms with Crippen LogP contribution in [-0.2, 0) is 0 Å². The fourth-order valence-electron chi connectivity index (χ4n) is 9.73. The predicted molar refractivity (Wildman–Crippen MR) is 125 cm³/mol. The van der Waals surface area contributed by atoms with Gasteiger partial charge in [0.25, 0.3) is 0 Å². The minimum Gasteiger partial charge on any atom is -0.393 e. The van der Waals surface area contributed by atoms with Crippen molar-refractivity contribution < 1.29 is 10.2 Å². The summed E-state index contributed by atoms with van der Waals surface area (Å²) < 4.78 is 0. The predicted octanol–water partition coefficient (Wildman–Crippen LogP) is 6.69. The molecule has 2 N–H and O–H groups in total. The van der Waals surface area contributed by atoms with E-state index in [-0.39, 0.29) is 12.2 Å². The first-order valence-corrected chi connectivity index (χ1v) is 13.5. The molecular formula is C28H50O2. The van der Waals surface area contributed by atoms with E-state index < -0.39 is 0 Å². The molecule has 0 saturated heterocycles. The Balaban J connectivity index is 1.61. The monoisotopic (exact) mass is 418 g/mol. The van der Waals surface area contributed by atoms with Gasteiger partial charge in [-0.3, -0.25) is 0 Å². The Kier molecular flexibility index (Phi) is 6.44. The van der Waals surface area contributed by atoms with Crippen LogP contribution >= 0.6 is 0 Å². The zero-order chi connectivity index (χ0) is 21.8. The van der Waals surface area contributed by atoms with Crippen molar-refractivity contribution >= 4 is 0 Å². The van der Waals surface area contributed by atoms with Crippen LogP contribution in [0.2, 0.25) is 0 Å². The molecule has 2 nitrogen and oxygen atoms in total. The first-order chi connectivity index (χ1) is 14.1. The Morgan fingerprint density at radius 3 is 2.17 bits per heavy atom. The Morgan fingerprint density at radius 1 is 0.833 bits per heavy atom. The molecule has 0 aromatic rings. The molecule has 0 spiro atoms. The van der Waals surface area contributed by atoms with Crippen molar-refractivity contribution in [2.75, 3.05) is 0 Å². The summed E-state index contributed by atoms with van der Waals surface area (Å²) in [6.07, 6.45) is 11.9. The highest BCUT2D eigenvalue weighted by Crippen LogP contribution is 2.69. The molecule has 4 fully saturated rings. The van der Waals surface area contributed by atoms with Crippen molar-refractivity contribution in [1.82, 2.24) is 0 Å². The van der Waals surface area contributed by atoms with E-state index in [1.807, 2.05) is 0 Å². The van der Waals surface area contributed by atoms with Crippen LogP contribution in [0.1, 0.15) is 106 Å². The van der Waals surface area contributed by atoms with E-state index in [1.165, 1.54) is 44.9 Å². The second kappa shape index (κ2) is 8.36. The van der Waals surface area contributed by atoms with Crippen LogP contribution in [0.5, 0.6) is 0 Å². The third kappa shape index (κ3) is 3.51. The van der Waals surface area contributed by atoms with Gasteiger partial charge in [0.2, 0.25) is 0 Å². The molecule has 4 rings (SSSR count). The van der Waals surface area contributed by atoms with Crippen molar-refractivity contribution in [1.29, 1.82) is 0 Å².